The maximum absolute atomic E-state index is 10.6. The minimum Gasteiger partial charge on any atom is -1.00 e. The first-order valence-corrected chi connectivity index (χ1v) is 2.99. The Morgan fingerprint density at radius 3 is 2.55 bits per heavy atom. The van der Waals surface area contributed by atoms with Gasteiger partial charge in [-0.1, -0.05) is 6.07 Å². The fourth-order valence-corrected chi connectivity index (χ4v) is 0.776. The van der Waals surface area contributed by atoms with Gasteiger partial charge in [0.1, 0.15) is 5.69 Å². The lowest BCUT2D eigenvalue weighted by Gasteiger charge is -1.94. The number of nitrogens with two attached hydrogens (primary N) is 1. The quantitative estimate of drug-likeness (QED) is 0.423. The summed E-state index contributed by atoms with van der Waals surface area (Å²) < 4.78 is 1.39. The van der Waals surface area contributed by atoms with E-state index in [2.05, 4.69) is 0 Å². The number of carbonyl (C=O) groups excluding carboxylic acids is 1. The molecule has 1 rings (SSSR count). The van der Waals surface area contributed by atoms with Gasteiger partial charge >= 0.3 is 6.03 Å². The van der Waals surface area contributed by atoms with Crippen LogP contribution in [-0.4, -0.2) is 6.03 Å². The third-order valence-corrected chi connectivity index (χ3v) is 1.30. The predicted molar refractivity (Wildman–Crippen MR) is 36.4 cm³/mol. The summed E-state index contributed by atoms with van der Waals surface area (Å²) in [6.07, 6.45) is 1.64. The zero-order valence-corrected chi connectivity index (χ0v) is 6.88. The molecule has 11 heavy (non-hydrogen) atoms. The predicted octanol–water partition coefficient (Wildman–Crippen LogP) is -2.79. The first kappa shape index (κ1) is 9.91. The van der Waals surface area contributed by atoms with E-state index in [-0.39, 0.29) is 12.4 Å². The molecule has 1 amide bonds. The molecular weight excluding hydrogens is 164 g/mol. The SMILES string of the molecule is Cc1cccc[n+]1C(N)=O.[Cl-]. The van der Waals surface area contributed by atoms with Crippen LogP contribution in [0.3, 0.4) is 0 Å². The molecule has 0 aliphatic carbocycles. The average Bonchev–Trinajstić information content (AvgIpc) is 1.88. The maximum atomic E-state index is 10.6. The van der Waals surface area contributed by atoms with Crippen LogP contribution in [0.2, 0.25) is 0 Å². The van der Waals surface area contributed by atoms with Gasteiger partial charge in [0.15, 0.2) is 0 Å². The van der Waals surface area contributed by atoms with Crippen molar-refractivity contribution in [1.82, 2.24) is 0 Å². The largest absolute Gasteiger partial charge is 1.00 e. The first-order chi connectivity index (χ1) is 4.72. The first-order valence-electron chi connectivity index (χ1n) is 2.99. The highest BCUT2D eigenvalue weighted by Gasteiger charge is 2.06. The van der Waals surface area contributed by atoms with Gasteiger partial charge < -0.3 is 12.4 Å². The molecule has 0 saturated carbocycles. The van der Waals surface area contributed by atoms with E-state index in [0.29, 0.717) is 0 Å². The number of amides is 1. The Morgan fingerprint density at radius 2 is 2.18 bits per heavy atom. The molecule has 0 atom stereocenters. The van der Waals surface area contributed by atoms with Gasteiger partial charge in [0.25, 0.3) is 0 Å². The molecule has 0 aliphatic heterocycles. The van der Waals surface area contributed by atoms with Crippen LogP contribution in [0, 0.1) is 6.92 Å². The molecule has 1 aromatic rings. The number of carbonyl (C=O) groups is 1. The summed E-state index contributed by atoms with van der Waals surface area (Å²) in [7, 11) is 0. The number of primary amides is 1. The molecule has 60 valence electrons. The number of rotatable bonds is 0. The van der Waals surface area contributed by atoms with E-state index in [1.165, 1.54) is 4.57 Å². The molecule has 0 aliphatic rings. The second-order valence-corrected chi connectivity index (χ2v) is 2.05. The normalized spacial score (nSPS) is 8.45. The molecular formula is C7H9ClN2O. The van der Waals surface area contributed by atoms with Crippen molar-refractivity contribution in [3.05, 3.63) is 30.1 Å². The molecule has 4 heteroatoms. The highest BCUT2D eigenvalue weighted by Crippen LogP contribution is 1.85. The fraction of sp³-hybridized carbons (Fsp3) is 0.143. The van der Waals surface area contributed by atoms with Crippen molar-refractivity contribution >= 4 is 6.03 Å². The molecule has 0 radical (unpaired) electrons. The van der Waals surface area contributed by atoms with Gasteiger partial charge in [-0.05, 0) is 19.1 Å². The summed E-state index contributed by atoms with van der Waals surface area (Å²) in [6, 6.07) is 5.00. The molecule has 1 aromatic heterocycles. The summed E-state index contributed by atoms with van der Waals surface area (Å²) in [6.45, 7) is 1.82. The smallest absolute Gasteiger partial charge is 0.493 e. The van der Waals surface area contributed by atoms with E-state index < -0.39 is 6.03 Å². The van der Waals surface area contributed by atoms with Crippen LogP contribution in [0.15, 0.2) is 24.4 Å². The standard InChI is InChI=1S/C7H8N2O.ClH/c1-6-4-2-3-5-9(6)7(8)10;/h2-5H,1H3,(H-,8,10);1H. The van der Waals surface area contributed by atoms with E-state index in [9.17, 15) is 4.79 Å². The molecule has 0 saturated heterocycles. The summed E-state index contributed by atoms with van der Waals surface area (Å²) in [5, 5.41) is 0. The monoisotopic (exact) mass is 172 g/mol. The number of halogens is 1. The van der Waals surface area contributed by atoms with Crippen LogP contribution in [0.25, 0.3) is 0 Å². The van der Waals surface area contributed by atoms with E-state index >= 15 is 0 Å². The minimum absolute atomic E-state index is 0. The van der Waals surface area contributed by atoms with Gasteiger partial charge in [0.2, 0.25) is 0 Å². The summed E-state index contributed by atoms with van der Waals surface area (Å²) in [5.41, 5.74) is 5.88. The van der Waals surface area contributed by atoms with E-state index in [1.807, 2.05) is 19.1 Å². The number of hydrogen-bond donors (Lipinski definition) is 1. The van der Waals surface area contributed by atoms with Crippen LogP contribution in [0.5, 0.6) is 0 Å². The molecule has 1 heterocycles. The summed E-state index contributed by atoms with van der Waals surface area (Å²) in [5.74, 6) is 0. The Bertz CT molecular complexity index is 262. The van der Waals surface area contributed by atoms with Gasteiger partial charge in [-0.15, -0.1) is 0 Å². The molecule has 0 spiro atoms. The van der Waals surface area contributed by atoms with Crippen molar-refractivity contribution in [2.45, 2.75) is 6.92 Å². The lowest BCUT2D eigenvalue weighted by Crippen LogP contribution is -3.00. The Balaban J connectivity index is 0.000001000. The summed E-state index contributed by atoms with van der Waals surface area (Å²) >= 11 is 0. The molecule has 0 aromatic carbocycles. The van der Waals surface area contributed by atoms with Crippen molar-refractivity contribution < 1.29 is 21.8 Å². The topological polar surface area (TPSA) is 47.0 Å². The molecule has 0 unspecified atom stereocenters. The van der Waals surface area contributed by atoms with Crippen LogP contribution < -0.4 is 22.7 Å². The van der Waals surface area contributed by atoms with Crippen molar-refractivity contribution in [2.75, 3.05) is 0 Å². The van der Waals surface area contributed by atoms with Gasteiger partial charge in [0, 0.05) is 0 Å². The van der Waals surface area contributed by atoms with Crippen molar-refractivity contribution in [3.63, 3.8) is 0 Å². The van der Waals surface area contributed by atoms with Gasteiger partial charge in [0.05, 0.1) is 6.20 Å². The van der Waals surface area contributed by atoms with E-state index in [1.54, 1.807) is 12.3 Å². The zero-order valence-electron chi connectivity index (χ0n) is 6.12. The molecule has 2 N–H and O–H groups in total. The van der Waals surface area contributed by atoms with Crippen LogP contribution in [0.1, 0.15) is 5.69 Å². The Labute approximate surface area is 71.2 Å². The minimum atomic E-state index is -0.446. The van der Waals surface area contributed by atoms with Crippen LogP contribution in [0.4, 0.5) is 4.79 Å². The number of aryl methyl sites for hydroxylation is 1. The Morgan fingerprint density at radius 1 is 1.55 bits per heavy atom. The highest BCUT2D eigenvalue weighted by molar-refractivity contribution is 5.61. The fourth-order valence-electron chi connectivity index (χ4n) is 0.776. The van der Waals surface area contributed by atoms with Crippen molar-refractivity contribution in [2.24, 2.45) is 5.73 Å². The Kier molecular flexibility index (Phi) is 3.54. The van der Waals surface area contributed by atoms with Gasteiger partial charge in [-0.25, -0.2) is 0 Å². The number of aromatic nitrogens is 1. The lowest BCUT2D eigenvalue weighted by molar-refractivity contribution is -0.576. The third-order valence-electron chi connectivity index (χ3n) is 1.30. The Hall–Kier alpha value is -1.09. The number of pyridine rings is 1. The second-order valence-electron chi connectivity index (χ2n) is 2.05. The highest BCUT2D eigenvalue weighted by atomic mass is 35.5. The van der Waals surface area contributed by atoms with Crippen LogP contribution >= 0.6 is 0 Å². The molecule has 0 bridgehead atoms. The third kappa shape index (κ3) is 2.20. The van der Waals surface area contributed by atoms with Crippen molar-refractivity contribution in [1.29, 1.82) is 0 Å². The van der Waals surface area contributed by atoms with Crippen LogP contribution in [-0.2, 0) is 0 Å². The van der Waals surface area contributed by atoms with Gasteiger partial charge in [-0.2, -0.15) is 9.36 Å². The van der Waals surface area contributed by atoms with Crippen molar-refractivity contribution in [3.8, 4) is 0 Å². The van der Waals surface area contributed by atoms with E-state index in [0.717, 1.165) is 5.69 Å². The second kappa shape index (κ2) is 3.93. The maximum Gasteiger partial charge on any atom is 0.493 e. The molecule has 0 fully saturated rings. The van der Waals surface area contributed by atoms with E-state index in [4.69, 9.17) is 5.73 Å². The number of hydrogen-bond acceptors (Lipinski definition) is 1. The van der Waals surface area contributed by atoms with Gasteiger partial charge in [-0.3, -0.25) is 5.73 Å². The average molecular weight is 173 g/mol. The zero-order chi connectivity index (χ0) is 7.56. The summed E-state index contributed by atoms with van der Waals surface area (Å²) in [4.78, 5) is 10.6. The lowest BCUT2D eigenvalue weighted by atomic mass is 10.4. The molecule has 3 nitrogen and oxygen atoms in total. The number of nitrogens with zero attached hydrogens (tertiary/aromatic N) is 1.